The van der Waals surface area contributed by atoms with Crippen LogP contribution in [0.3, 0.4) is 0 Å². The van der Waals surface area contributed by atoms with Crippen LogP contribution < -0.4 is 4.74 Å². The Labute approximate surface area is 215 Å². The fourth-order valence-electron chi connectivity index (χ4n) is 4.52. The Balaban J connectivity index is 1.58. The number of pyridine rings is 1. The largest absolute Gasteiger partial charge is 0.475 e. The molecule has 1 aliphatic heterocycles. The lowest BCUT2D eigenvalue weighted by molar-refractivity contribution is 0.234. The van der Waals surface area contributed by atoms with Gasteiger partial charge in [0.15, 0.2) is 11.3 Å². The van der Waals surface area contributed by atoms with Crippen LogP contribution >= 0.6 is 23.2 Å². The van der Waals surface area contributed by atoms with E-state index in [1.807, 2.05) is 37.4 Å². The lowest BCUT2D eigenvalue weighted by atomic mass is 9.92. The molecule has 0 unspecified atom stereocenters. The molecule has 7 nitrogen and oxygen atoms in total. The number of benzene rings is 1. The average molecular weight is 513 g/mol. The molecule has 1 fully saturated rings. The third kappa shape index (κ3) is 4.77. The Morgan fingerprint density at radius 1 is 1.09 bits per heavy atom. The summed E-state index contributed by atoms with van der Waals surface area (Å²) in [6, 6.07) is 9.62. The minimum atomic E-state index is -0.193. The van der Waals surface area contributed by atoms with Gasteiger partial charge in [0, 0.05) is 29.6 Å². The number of nitrogens with zero attached hydrogens (tertiary/aromatic N) is 5. The number of nitrogens with one attached hydrogen (secondary N) is 1. The number of hydrogen-bond acceptors (Lipinski definition) is 5. The van der Waals surface area contributed by atoms with Crippen molar-refractivity contribution < 1.29 is 4.74 Å². The van der Waals surface area contributed by atoms with Crippen molar-refractivity contribution in [3.63, 3.8) is 0 Å². The minimum Gasteiger partial charge on any atom is -0.475 e. The highest BCUT2D eigenvalue weighted by Crippen LogP contribution is 2.38. The summed E-state index contributed by atoms with van der Waals surface area (Å²) < 4.78 is 7.99. The molecule has 184 valence electrons. The van der Waals surface area contributed by atoms with Crippen molar-refractivity contribution in [2.24, 2.45) is 7.05 Å². The molecule has 0 radical (unpaired) electrons. The number of halogens is 2. The van der Waals surface area contributed by atoms with Gasteiger partial charge in [0.1, 0.15) is 12.3 Å². The van der Waals surface area contributed by atoms with Crippen LogP contribution in [0.15, 0.2) is 30.3 Å². The van der Waals surface area contributed by atoms with Crippen molar-refractivity contribution in [2.45, 2.75) is 39.0 Å². The maximum atomic E-state index is 6.81. The molecule has 1 aliphatic rings. The van der Waals surface area contributed by atoms with Crippen molar-refractivity contribution in [2.75, 3.05) is 26.2 Å². The zero-order chi connectivity index (χ0) is 24.7. The van der Waals surface area contributed by atoms with Crippen molar-refractivity contribution in [3.8, 4) is 28.7 Å². The maximum absolute atomic E-state index is 6.81. The van der Waals surface area contributed by atoms with Crippen LogP contribution in [0.1, 0.15) is 39.3 Å². The molecule has 1 saturated heterocycles. The Morgan fingerprint density at radius 2 is 1.83 bits per heavy atom. The normalized spacial score (nSPS) is 14.8. The van der Waals surface area contributed by atoms with E-state index in [1.165, 1.54) is 12.8 Å². The number of aromatic amines is 1. The van der Waals surface area contributed by atoms with Gasteiger partial charge in [0.25, 0.3) is 0 Å². The highest BCUT2D eigenvalue weighted by molar-refractivity contribution is 6.34. The highest BCUT2D eigenvalue weighted by Gasteiger charge is 2.27. The van der Waals surface area contributed by atoms with Gasteiger partial charge >= 0.3 is 0 Å². The number of aryl methyl sites for hydroxylation is 1. The number of fused-ring (bicyclic) bond motifs is 1. The molecule has 0 aliphatic carbocycles. The number of imidazole rings is 1. The molecular weight excluding hydrogens is 483 g/mol. The van der Waals surface area contributed by atoms with Crippen LogP contribution in [0, 0.1) is 0 Å². The van der Waals surface area contributed by atoms with Gasteiger partial charge in [-0.05, 0) is 38.1 Å². The van der Waals surface area contributed by atoms with E-state index in [-0.39, 0.29) is 5.41 Å². The Kier molecular flexibility index (Phi) is 6.51. The first-order valence-electron chi connectivity index (χ1n) is 12.0. The molecule has 9 heteroatoms. The van der Waals surface area contributed by atoms with E-state index in [9.17, 15) is 0 Å². The SMILES string of the molecule is Cn1nc(C(C)(C)C)c(Cl)c1-c1nc2c(OCCN3CCCC3)nc(-c3ccccc3Cl)cc2[nH]1. The molecule has 35 heavy (non-hydrogen) atoms. The van der Waals surface area contributed by atoms with E-state index < -0.39 is 0 Å². The minimum absolute atomic E-state index is 0.193. The van der Waals surface area contributed by atoms with Crippen molar-refractivity contribution in [3.05, 3.63) is 46.1 Å². The summed E-state index contributed by atoms with van der Waals surface area (Å²) in [7, 11) is 1.88. The monoisotopic (exact) mass is 512 g/mol. The molecule has 3 aromatic heterocycles. The van der Waals surface area contributed by atoms with Gasteiger partial charge in [-0.1, -0.05) is 62.2 Å². The average Bonchev–Trinajstić information content (AvgIpc) is 3.52. The van der Waals surface area contributed by atoms with E-state index >= 15 is 0 Å². The fourth-order valence-corrected chi connectivity index (χ4v) is 5.28. The van der Waals surface area contributed by atoms with Gasteiger partial charge in [-0.3, -0.25) is 9.58 Å². The summed E-state index contributed by atoms with van der Waals surface area (Å²) >= 11 is 13.3. The molecule has 0 bridgehead atoms. The molecule has 0 atom stereocenters. The highest BCUT2D eigenvalue weighted by atomic mass is 35.5. The van der Waals surface area contributed by atoms with Gasteiger partial charge in [-0.2, -0.15) is 5.10 Å². The van der Waals surface area contributed by atoms with E-state index in [4.69, 9.17) is 37.9 Å². The van der Waals surface area contributed by atoms with Crippen LogP contribution in [-0.4, -0.2) is 55.9 Å². The third-order valence-corrected chi connectivity index (χ3v) is 7.04. The Bertz CT molecular complexity index is 1360. The molecule has 0 amide bonds. The lowest BCUT2D eigenvalue weighted by Gasteiger charge is -2.15. The topological polar surface area (TPSA) is 71.9 Å². The smallest absolute Gasteiger partial charge is 0.242 e. The predicted octanol–water partition coefficient (Wildman–Crippen LogP) is 6.10. The summed E-state index contributed by atoms with van der Waals surface area (Å²) in [6.45, 7) is 9.92. The number of likely N-dealkylation sites (tertiary alicyclic amines) is 1. The molecule has 5 rings (SSSR count). The van der Waals surface area contributed by atoms with Gasteiger partial charge in [-0.25, -0.2) is 9.97 Å². The summed E-state index contributed by atoms with van der Waals surface area (Å²) in [5.74, 6) is 1.10. The second-order valence-electron chi connectivity index (χ2n) is 10.1. The van der Waals surface area contributed by atoms with Crippen molar-refractivity contribution in [1.82, 2.24) is 29.6 Å². The maximum Gasteiger partial charge on any atom is 0.242 e. The van der Waals surface area contributed by atoms with Gasteiger partial charge in [-0.15, -0.1) is 0 Å². The molecular formula is C26H30Cl2N6O. The molecule has 1 N–H and O–H groups in total. The Morgan fingerprint density at radius 3 is 2.51 bits per heavy atom. The number of ether oxygens (including phenoxy) is 1. The number of hydrogen-bond donors (Lipinski definition) is 1. The zero-order valence-corrected chi connectivity index (χ0v) is 22.0. The van der Waals surface area contributed by atoms with Crippen LogP contribution in [0.4, 0.5) is 0 Å². The van der Waals surface area contributed by atoms with Crippen LogP contribution in [0.2, 0.25) is 10.0 Å². The van der Waals surface area contributed by atoms with Gasteiger partial charge in [0.2, 0.25) is 5.88 Å². The third-order valence-electron chi connectivity index (χ3n) is 6.36. The first kappa shape index (κ1) is 24.1. The van der Waals surface area contributed by atoms with Crippen LogP contribution in [0.5, 0.6) is 5.88 Å². The first-order valence-corrected chi connectivity index (χ1v) is 12.7. The van der Waals surface area contributed by atoms with E-state index in [0.29, 0.717) is 33.9 Å². The van der Waals surface area contributed by atoms with E-state index in [2.05, 4.69) is 35.8 Å². The summed E-state index contributed by atoms with van der Waals surface area (Å²) in [5, 5.41) is 5.90. The Hall–Kier alpha value is -2.61. The predicted molar refractivity (Wildman–Crippen MR) is 141 cm³/mol. The number of rotatable bonds is 6. The lowest BCUT2D eigenvalue weighted by Crippen LogP contribution is -2.25. The number of H-pyrrole nitrogens is 1. The second-order valence-corrected chi connectivity index (χ2v) is 10.8. The van der Waals surface area contributed by atoms with E-state index in [0.717, 1.165) is 47.8 Å². The van der Waals surface area contributed by atoms with Crippen molar-refractivity contribution in [1.29, 1.82) is 0 Å². The zero-order valence-electron chi connectivity index (χ0n) is 20.5. The fraction of sp³-hybridized carbons (Fsp3) is 0.423. The van der Waals surface area contributed by atoms with Crippen molar-refractivity contribution >= 4 is 34.2 Å². The van der Waals surface area contributed by atoms with Gasteiger partial charge < -0.3 is 9.72 Å². The number of aromatic nitrogens is 5. The molecule has 4 aromatic rings. The summed E-state index contributed by atoms with van der Waals surface area (Å²) in [5.41, 5.74) is 4.39. The quantitative estimate of drug-likeness (QED) is 0.337. The molecule has 1 aromatic carbocycles. The second kappa shape index (κ2) is 9.45. The summed E-state index contributed by atoms with van der Waals surface area (Å²) in [4.78, 5) is 15.5. The van der Waals surface area contributed by atoms with Crippen LogP contribution in [-0.2, 0) is 12.5 Å². The van der Waals surface area contributed by atoms with Crippen LogP contribution in [0.25, 0.3) is 33.8 Å². The molecule has 0 spiro atoms. The standard InChI is InChI=1S/C26H30Cl2N6O/c1-26(2,3)23-20(28)22(33(4)32-23)24-29-19-15-18(16-9-5-6-10-17(16)27)30-25(21(19)31-24)35-14-13-34-11-7-8-12-34/h5-6,9-10,15H,7-8,11-14H2,1-4H3,(H,29,31). The molecule has 4 heterocycles. The van der Waals surface area contributed by atoms with E-state index in [1.54, 1.807) is 4.68 Å². The van der Waals surface area contributed by atoms with Gasteiger partial charge in [0.05, 0.1) is 21.9 Å². The molecule has 0 saturated carbocycles. The summed E-state index contributed by atoms with van der Waals surface area (Å²) in [6.07, 6.45) is 2.49. The first-order chi connectivity index (χ1) is 16.7.